The number of nitrogens with one attached hydrogen (secondary N) is 2. The molecule has 0 aliphatic carbocycles. The molecule has 172 valence electrons. The molecule has 0 aliphatic rings. The number of fused-ring (bicyclic) bond motifs is 2. The Bertz CT molecular complexity index is 1650. The highest BCUT2D eigenvalue weighted by Gasteiger charge is 2.12. The van der Waals surface area contributed by atoms with Crippen LogP contribution >= 0.6 is 11.6 Å². The second-order valence-corrected chi connectivity index (χ2v) is 8.77. The Balaban J connectivity index is 1.35. The zero-order chi connectivity index (χ0) is 24.5. The van der Waals surface area contributed by atoms with Gasteiger partial charge in [0.2, 0.25) is 0 Å². The summed E-state index contributed by atoms with van der Waals surface area (Å²) in [5.74, 6) is -0.708. The molecule has 6 nitrogen and oxygen atoms in total. The number of hydrogen-bond acceptors (Lipinski definition) is 4. The van der Waals surface area contributed by atoms with E-state index >= 15 is 0 Å². The summed E-state index contributed by atoms with van der Waals surface area (Å²) < 4.78 is 14.5. The number of aromatic nitrogens is 3. The molecule has 5 rings (SSSR count). The zero-order valence-electron chi connectivity index (χ0n) is 18.7. The second-order valence-electron chi connectivity index (χ2n) is 8.34. The Hall–Kier alpha value is -4.28. The molecule has 2 aromatic carbocycles. The minimum Gasteiger partial charge on any atom is -0.361 e. The number of pyridine rings is 2. The number of H-pyrrole nitrogens is 1. The predicted molar refractivity (Wildman–Crippen MR) is 133 cm³/mol. The molecule has 3 aromatic heterocycles. The van der Waals surface area contributed by atoms with Gasteiger partial charge in [0.15, 0.2) is 0 Å². The number of nitriles is 1. The van der Waals surface area contributed by atoms with Crippen LogP contribution in [-0.2, 0) is 13.0 Å². The van der Waals surface area contributed by atoms with E-state index in [1.54, 1.807) is 36.5 Å². The van der Waals surface area contributed by atoms with Crippen LogP contribution in [0, 0.1) is 24.1 Å². The van der Waals surface area contributed by atoms with Gasteiger partial charge in [0.1, 0.15) is 11.9 Å². The number of aryl methyl sites for hydroxylation is 1. The molecule has 0 saturated heterocycles. The molecule has 5 aromatic rings. The van der Waals surface area contributed by atoms with E-state index < -0.39 is 0 Å². The molecule has 2 N–H and O–H groups in total. The monoisotopic (exact) mass is 483 g/mol. The molecule has 8 heteroatoms. The van der Waals surface area contributed by atoms with Gasteiger partial charge in [-0.3, -0.25) is 14.8 Å². The standard InChI is InChI=1S/C27H19ClFN5O/c1-15-12-32-25-10-24(29)20(9-23(15)25)13-34-27(35)17-2-3-31-22(8-17)6-16-4-18-7-21(28)14-33-26(18)19(5-16)11-30/h2-5,7-10,12,14,32H,6,13H2,1H3,(H,34,35). The number of benzene rings is 2. The van der Waals surface area contributed by atoms with Gasteiger partial charge >= 0.3 is 0 Å². The average molecular weight is 484 g/mol. The van der Waals surface area contributed by atoms with Crippen LogP contribution in [0.3, 0.4) is 0 Å². The van der Waals surface area contributed by atoms with Gasteiger partial charge in [-0.25, -0.2) is 4.39 Å². The van der Waals surface area contributed by atoms with Crippen molar-refractivity contribution >= 4 is 39.3 Å². The average Bonchev–Trinajstić information content (AvgIpc) is 3.20. The normalized spacial score (nSPS) is 11.0. The van der Waals surface area contributed by atoms with Crippen molar-refractivity contribution in [2.75, 3.05) is 0 Å². The first kappa shape index (κ1) is 22.5. The first-order valence-electron chi connectivity index (χ1n) is 10.9. The minimum absolute atomic E-state index is 0.0623. The van der Waals surface area contributed by atoms with Crippen LogP contribution in [0.1, 0.15) is 38.3 Å². The fourth-order valence-electron chi connectivity index (χ4n) is 4.14. The minimum atomic E-state index is -0.380. The van der Waals surface area contributed by atoms with Gasteiger partial charge in [-0.15, -0.1) is 0 Å². The number of carbonyl (C=O) groups excluding carboxylic acids is 1. The van der Waals surface area contributed by atoms with Gasteiger partial charge in [0, 0.05) is 64.7 Å². The SMILES string of the molecule is Cc1c[nH]c2cc(F)c(CNC(=O)c3ccnc(Cc4cc(C#N)c5ncc(Cl)cc5c4)c3)cc12. The van der Waals surface area contributed by atoms with Crippen LogP contribution in [0.25, 0.3) is 21.8 Å². The third-order valence-electron chi connectivity index (χ3n) is 5.89. The summed E-state index contributed by atoms with van der Waals surface area (Å²) in [5.41, 5.74) is 5.10. The maximum Gasteiger partial charge on any atom is 0.251 e. The van der Waals surface area contributed by atoms with Crippen LogP contribution in [0.4, 0.5) is 4.39 Å². The molecule has 35 heavy (non-hydrogen) atoms. The van der Waals surface area contributed by atoms with Crippen LogP contribution in [-0.4, -0.2) is 20.9 Å². The van der Waals surface area contributed by atoms with E-state index in [1.165, 1.54) is 12.3 Å². The molecular formula is C27H19ClFN5O. The van der Waals surface area contributed by atoms with Crippen molar-refractivity contribution in [1.82, 2.24) is 20.3 Å². The predicted octanol–water partition coefficient (Wildman–Crippen LogP) is 5.60. The number of amides is 1. The molecule has 0 atom stereocenters. The topological polar surface area (TPSA) is 94.5 Å². The molecule has 0 spiro atoms. The first-order valence-corrected chi connectivity index (χ1v) is 11.3. The summed E-state index contributed by atoms with van der Waals surface area (Å²) in [7, 11) is 0. The highest BCUT2D eigenvalue weighted by molar-refractivity contribution is 6.31. The molecule has 0 saturated carbocycles. The fourth-order valence-corrected chi connectivity index (χ4v) is 4.30. The highest BCUT2D eigenvalue weighted by atomic mass is 35.5. The summed E-state index contributed by atoms with van der Waals surface area (Å²) in [6.07, 6.45) is 5.31. The zero-order valence-corrected chi connectivity index (χ0v) is 19.4. The molecule has 0 aliphatic heterocycles. The lowest BCUT2D eigenvalue weighted by molar-refractivity contribution is 0.0950. The molecule has 0 radical (unpaired) electrons. The number of carbonyl (C=O) groups is 1. The molecule has 0 fully saturated rings. The summed E-state index contributed by atoms with van der Waals surface area (Å²) in [6.45, 7) is 2.00. The van der Waals surface area contributed by atoms with E-state index in [1.807, 2.05) is 19.2 Å². The smallest absolute Gasteiger partial charge is 0.251 e. The first-order chi connectivity index (χ1) is 16.9. The van der Waals surface area contributed by atoms with Gasteiger partial charge in [-0.05, 0) is 60.5 Å². The van der Waals surface area contributed by atoms with Crippen LogP contribution in [0.5, 0.6) is 0 Å². The van der Waals surface area contributed by atoms with E-state index in [9.17, 15) is 14.4 Å². The molecule has 0 bridgehead atoms. The number of rotatable bonds is 5. The number of nitrogens with zero attached hydrogens (tertiary/aromatic N) is 3. The fraction of sp³-hybridized carbons (Fsp3) is 0.111. The maximum atomic E-state index is 14.5. The lowest BCUT2D eigenvalue weighted by Gasteiger charge is -2.09. The number of hydrogen-bond donors (Lipinski definition) is 2. The van der Waals surface area contributed by atoms with Crippen LogP contribution in [0.2, 0.25) is 5.02 Å². The van der Waals surface area contributed by atoms with Crippen molar-refractivity contribution in [1.29, 1.82) is 5.26 Å². The van der Waals surface area contributed by atoms with Crippen molar-refractivity contribution in [3.8, 4) is 6.07 Å². The van der Waals surface area contributed by atoms with Crippen LogP contribution < -0.4 is 5.32 Å². The van der Waals surface area contributed by atoms with Crippen molar-refractivity contribution in [2.45, 2.75) is 19.9 Å². The van der Waals surface area contributed by atoms with Gasteiger partial charge in [0.25, 0.3) is 5.91 Å². The maximum absolute atomic E-state index is 14.5. The Morgan fingerprint density at radius 2 is 2.06 bits per heavy atom. The largest absolute Gasteiger partial charge is 0.361 e. The molecule has 0 unspecified atom stereocenters. The van der Waals surface area contributed by atoms with Crippen molar-refractivity contribution in [3.63, 3.8) is 0 Å². The van der Waals surface area contributed by atoms with Gasteiger partial charge in [0.05, 0.1) is 16.1 Å². The van der Waals surface area contributed by atoms with Crippen LogP contribution in [0.15, 0.2) is 61.1 Å². The van der Waals surface area contributed by atoms with E-state index in [0.29, 0.717) is 39.3 Å². The highest BCUT2D eigenvalue weighted by Crippen LogP contribution is 2.24. The van der Waals surface area contributed by atoms with E-state index in [-0.39, 0.29) is 18.3 Å². The Labute approximate surface area is 205 Å². The van der Waals surface area contributed by atoms with Gasteiger partial charge in [-0.2, -0.15) is 5.26 Å². The van der Waals surface area contributed by atoms with Crippen molar-refractivity contribution in [3.05, 3.63) is 105 Å². The quantitative estimate of drug-likeness (QED) is 0.340. The van der Waals surface area contributed by atoms with E-state index in [0.717, 1.165) is 27.4 Å². The number of aromatic amines is 1. The third kappa shape index (κ3) is 4.57. The summed E-state index contributed by atoms with van der Waals surface area (Å²) in [4.78, 5) is 24.5. The summed E-state index contributed by atoms with van der Waals surface area (Å²) >= 11 is 6.07. The molecule has 3 heterocycles. The second kappa shape index (κ2) is 9.16. The van der Waals surface area contributed by atoms with E-state index in [2.05, 4.69) is 26.3 Å². The van der Waals surface area contributed by atoms with Gasteiger partial charge < -0.3 is 10.3 Å². The Morgan fingerprint density at radius 1 is 1.20 bits per heavy atom. The lowest BCUT2D eigenvalue weighted by atomic mass is 10.0. The van der Waals surface area contributed by atoms with Crippen molar-refractivity contribution in [2.24, 2.45) is 0 Å². The Kier molecular flexibility index (Phi) is 5.89. The molecule has 1 amide bonds. The van der Waals surface area contributed by atoms with Crippen molar-refractivity contribution < 1.29 is 9.18 Å². The lowest BCUT2D eigenvalue weighted by Crippen LogP contribution is -2.23. The number of halogens is 2. The van der Waals surface area contributed by atoms with E-state index in [4.69, 9.17) is 11.6 Å². The van der Waals surface area contributed by atoms with Gasteiger partial charge in [-0.1, -0.05) is 11.6 Å². The third-order valence-corrected chi connectivity index (χ3v) is 6.10. The summed E-state index contributed by atoms with van der Waals surface area (Å²) in [6, 6.07) is 14.1. The Morgan fingerprint density at radius 3 is 2.89 bits per heavy atom. The summed E-state index contributed by atoms with van der Waals surface area (Å²) in [5, 5.41) is 14.5. The molecular weight excluding hydrogens is 465 g/mol.